The van der Waals surface area contributed by atoms with Crippen molar-refractivity contribution < 1.29 is 0 Å². The first-order valence-corrected chi connectivity index (χ1v) is 11.3. The van der Waals surface area contributed by atoms with Gasteiger partial charge in [0.1, 0.15) is 0 Å². The second-order valence-corrected chi connectivity index (χ2v) is 9.38. The highest BCUT2D eigenvalue weighted by Gasteiger charge is 2.40. The standard InChI is InChI=1S/C25H32N4S/c1-6-7-14-29-23(22(27-24(29)30)20-10-8-9-13-26-20)18-11-12-21-19(15-18)17(2)16-25(3,4)28(21)5/h8-13,15-16,22-23H,6-7,14H2,1-5H3,(H,27,30)/t22-,23+/m1/s1. The van der Waals surface area contributed by atoms with E-state index in [0.717, 1.165) is 30.2 Å². The summed E-state index contributed by atoms with van der Waals surface area (Å²) in [7, 11) is 2.18. The summed E-state index contributed by atoms with van der Waals surface area (Å²) < 4.78 is 0. The average Bonchev–Trinajstić information content (AvgIpc) is 3.06. The molecule has 1 N–H and O–H groups in total. The molecule has 0 saturated carbocycles. The molecule has 0 spiro atoms. The van der Waals surface area contributed by atoms with E-state index < -0.39 is 0 Å². The minimum atomic E-state index is 0.0126. The number of rotatable bonds is 5. The van der Waals surface area contributed by atoms with Crippen molar-refractivity contribution in [1.82, 2.24) is 15.2 Å². The number of hydrogen-bond donors (Lipinski definition) is 1. The Kier molecular flexibility index (Phi) is 5.58. The fourth-order valence-corrected chi connectivity index (χ4v) is 5.03. The molecule has 1 fully saturated rings. The monoisotopic (exact) mass is 420 g/mol. The van der Waals surface area contributed by atoms with Crippen molar-refractivity contribution in [1.29, 1.82) is 0 Å². The molecular formula is C25H32N4S. The second-order valence-electron chi connectivity index (χ2n) is 8.99. The molecule has 0 unspecified atom stereocenters. The Morgan fingerprint density at radius 3 is 2.70 bits per heavy atom. The van der Waals surface area contributed by atoms with Gasteiger partial charge in [0.25, 0.3) is 0 Å². The molecule has 2 aliphatic rings. The zero-order valence-electron chi connectivity index (χ0n) is 18.6. The topological polar surface area (TPSA) is 31.4 Å². The van der Waals surface area contributed by atoms with Gasteiger partial charge in [0, 0.05) is 31.0 Å². The molecule has 4 rings (SSSR count). The molecule has 4 nitrogen and oxygen atoms in total. The largest absolute Gasteiger partial charge is 0.366 e. The van der Waals surface area contributed by atoms with Crippen molar-refractivity contribution in [3.63, 3.8) is 0 Å². The van der Waals surface area contributed by atoms with E-state index in [0.29, 0.717) is 0 Å². The van der Waals surface area contributed by atoms with Crippen LogP contribution in [0.2, 0.25) is 0 Å². The number of hydrogen-bond acceptors (Lipinski definition) is 3. The van der Waals surface area contributed by atoms with Crippen LogP contribution in [0.4, 0.5) is 5.69 Å². The molecule has 1 aromatic heterocycles. The molecule has 1 aromatic carbocycles. The van der Waals surface area contributed by atoms with Gasteiger partial charge >= 0.3 is 0 Å². The van der Waals surface area contributed by atoms with Crippen molar-refractivity contribution in [2.24, 2.45) is 0 Å². The Morgan fingerprint density at radius 1 is 1.20 bits per heavy atom. The van der Waals surface area contributed by atoms with Gasteiger partial charge in [0.2, 0.25) is 0 Å². The Morgan fingerprint density at radius 2 is 2.00 bits per heavy atom. The SMILES string of the molecule is CCCCN1C(=S)N[C@H](c2ccccn2)[C@@H]1c1ccc2c(c1)C(C)=CC(C)(C)N2C. The van der Waals surface area contributed by atoms with Crippen LogP contribution in [-0.2, 0) is 0 Å². The first kappa shape index (κ1) is 20.9. The van der Waals surface area contributed by atoms with E-state index in [-0.39, 0.29) is 17.6 Å². The highest BCUT2D eigenvalue weighted by Crippen LogP contribution is 2.43. The van der Waals surface area contributed by atoms with Gasteiger partial charge in [-0.2, -0.15) is 0 Å². The molecule has 30 heavy (non-hydrogen) atoms. The van der Waals surface area contributed by atoms with Crippen LogP contribution in [0.25, 0.3) is 5.57 Å². The molecule has 5 heteroatoms. The van der Waals surface area contributed by atoms with Crippen LogP contribution in [-0.4, -0.2) is 34.1 Å². The van der Waals surface area contributed by atoms with Gasteiger partial charge in [0.15, 0.2) is 5.11 Å². The van der Waals surface area contributed by atoms with Gasteiger partial charge in [-0.25, -0.2) is 0 Å². The first-order valence-electron chi connectivity index (χ1n) is 10.9. The third kappa shape index (κ3) is 3.60. The number of nitrogens with one attached hydrogen (secondary N) is 1. The zero-order chi connectivity index (χ0) is 21.5. The minimum Gasteiger partial charge on any atom is -0.366 e. The Bertz CT molecular complexity index is 966. The number of anilines is 1. The highest BCUT2D eigenvalue weighted by atomic mass is 32.1. The van der Waals surface area contributed by atoms with Gasteiger partial charge in [-0.1, -0.05) is 31.6 Å². The van der Waals surface area contributed by atoms with E-state index in [2.05, 4.69) is 91.3 Å². The summed E-state index contributed by atoms with van der Waals surface area (Å²) >= 11 is 5.77. The summed E-state index contributed by atoms with van der Waals surface area (Å²) in [5.41, 5.74) is 6.26. The third-order valence-corrected chi connectivity index (χ3v) is 6.89. The third-order valence-electron chi connectivity index (χ3n) is 6.53. The number of unbranched alkanes of at least 4 members (excludes halogenated alkanes) is 1. The molecular weight excluding hydrogens is 388 g/mol. The summed E-state index contributed by atoms with van der Waals surface area (Å²) in [6, 6.07) is 13.2. The second kappa shape index (κ2) is 8.03. The van der Waals surface area contributed by atoms with Crippen LogP contribution >= 0.6 is 12.2 Å². The fraction of sp³-hybridized carbons (Fsp3) is 0.440. The van der Waals surface area contributed by atoms with Crippen LogP contribution in [0.1, 0.15) is 69.4 Å². The lowest BCUT2D eigenvalue weighted by atomic mass is 9.86. The molecule has 0 amide bonds. The zero-order valence-corrected chi connectivity index (χ0v) is 19.5. The van der Waals surface area contributed by atoms with E-state index in [1.165, 1.54) is 22.4 Å². The van der Waals surface area contributed by atoms with E-state index >= 15 is 0 Å². The van der Waals surface area contributed by atoms with Gasteiger partial charge < -0.3 is 15.1 Å². The molecule has 1 saturated heterocycles. The number of fused-ring (bicyclic) bond motifs is 1. The van der Waals surface area contributed by atoms with Crippen molar-refractivity contribution in [2.45, 2.75) is 58.2 Å². The summed E-state index contributed by atoms with van der Waals surface area (Å²) in [6.07, 6.45) is 6.49. The number of benzene rings is 1. The van der Waals surface area contributed by atoms with Crippen molar-refractivity contribution in [3.8, 4) is 0 Å². The van der Waals surface area contributed by atoms with Crippen molar-refractivity contribution in [2.75, 3.05) is 18.5 Å². The number of pyridine rings is 1. The summed E-state index contributed by atoms with van der Waals surface area (Å²) in [6.45, 7) is 9.92. The quantitative estimate of drug-likeness (QED) is 0.647. The molecule has 158 valence electrons. The average molecular weight is 421 g/mol. The number of allylic oxidation sites excluding steroid dienone is 1. The van der Waals surface area contributed by atoms with Crippen LogP contribution < -0.4 is 10.2 Å². The molecule has 2 aliphatic heterocycles. The van der Waals surface area contributed by atoms with Gasteiger partial charge in [-0.05, 0) is 74.8 Å². The summed E-state index contributed by atoms with van der Waals surface area (Å²) in [5, 5.41) is 4.39. The Balaban J connectivity index is 1.79. The highest BCUT2D eigenvalue weighted by molar-refractivity contribution is 7.80. The van der Waals surface area contributed by atoms with Crippen molar-refractivity contribution in [3.05, 3.63) is 65.5 Å². The van der Waals surface area contributed by atoms with E-state index in [9.17, 15) is 0 Å². The van der Waals surface area contributed by atoms with Gasteiger partial charge in [0.05, 0.1) is 23.3 Å². The maximum Gasteiger partial charge on any atom is 0.170 e. The lowest BCUT2D eigenvalue weighted by Crippen LogP contribution is -2.42. The molecule has 2 atom stereocenters. The fourth-order valence-electron chi connectivity index (χ4n) is 4.70. The normalized spacial score (nSPS) is 22.6. The summed E-state index contributed by atoms with van der Waals surface area (Å²) in [4.78, 5) is 9.37. The number of thiocarbonyl (C=S) groups is 1. The van der Waals surface area contributed by atoms with Crippen LogP contribution in [0.15, 0.2) is 48.7 Å². The minimum absolute atomic E-state index is 0.0126. The van der Waals surface area contributed by atoms with Crippen LogP contribution in [0, 0.1) is 0 Å². The van der Waals surface area contributed by atoms with Crippen LogP contribution in [0.5, 0.6) is 0 Å². The number of aromatic nitrogens is 1. The van der Waals surface area contributed by atoms with E-state index in [4.69, 9.17) is 12.2 Å². The summed E-state index contributed by atoms with van der Waals surface area (Å²) in [5.74, 6) is 0. The molecule has 0 bridgehead atoms. The van der Waals surface area contributed by atoms with E-state index in [1.54, 1.807) is 0 Å². The molecule has 2 aromatic rings. The Labute approximate surface area is 186 Å². The van der Waals surface area contributed by atoms with Gasteiger partial charge in [-0.3, -0.25) is 4.98 Å². The van der Waals surface area contributed by atoms with Gasteiger partial charge in [-0.15, -0.1) is 0 Å². The first-order chi connectivity index (χ1) is 14.3. The smallest absolute Gasteiger partial charge is 0.170 e. The van der Waals surface area contributed by atoms with Crippen LogP contribution in [0.3, 0.4) is 0 Å². The lowest BCUT2D eigenvalue weighted by molar-refractivity contribution is 0.313. The predicted octanol–water partition coefficient (Wildman–Crippen LogP) is 5.49. The Hall–Kier alpha value is -2.40. The number of likely N-dealkylation sites (N-methyl/N-ethyl adjacent to an activating group) is 1. The molecule has 0 radical (unpaired) electrons. The number of nitrogens with zero attached hydrogens (tertiary/aromatic N) is 3. The maximum atomic E-state index is 5.77. The molecule has 0 aliphatic carbocycles. The predicted molar refractivity (Wildman–Crippen MR) is 130 cm³/mol. The maximum absolute atomic E-state index is 5.77. The molecule has 3 heterocycles. The van der Waals surface area contributed by atoms with Crippen molar-refractivity contribution >= 4 is 28.6 Å². The lowest BCUT2D eigenvalue weighted by Gasteiger charge is -2.41. The van der Waals surface area contributed by atoms with E-state index in [1.807, 2.05) is 12.3 Å².